The van der Waals surface area contributed by atoms with Gasteiger partial charge in [-0.25, -0.2) is 0 Å². The molecule has 7 atom stereocenters. The van der Waals surface area contributed by atoms with Crippen molar-refractivity contribution < 1.29 is 14.3 Å². The van der Waals surface area contributed by atoms with Crippen molar-refractivity contribution >= 4 is 39.3 Å². The van der Waals surface area contributed by atoms with E-state index in [2.05, 4.69) is 45.3 Å². The van der Waals surface area contributed by atoms with Gasteiger partial charge in [-0.1, -0.05) is 29.8 Å². The van der Waals surface area contributed by atoms with Crippen molar-refractivity contribution in [3.05, 3.63) is 0 Å². The number of rotatable bonds is 6. The molecule has 0 aromatic rings. The fourth-order valence-electron chi connectivity index (χ4n) is 5.54. The van der Waals surface area contributed by atoms with Gasteiger partial charge in [-0.2, -0.15) is 0 Å². The predicted molar refractivity (Wildman–Crippen MR) is 123 cm³/mol. The Bertz CT molecular complexity index is 604. The number of amides is 2. The molecule has 3 aliphatic rings. The monoisotopic (exact) mass is 505 g/mol. The van der Waals surface area contributed by atoms with Crippen LogP contribution in [0.5, 0.6) is 0 Å². The first kappa shape index (κ1) is 24.3. The molecule has 0 spiro atoms. The SMILES string of the molecule is CCN(C1CCOCC1)C1CC(Cl)CC(C(=O)NCC2C(=O)NC(C)CC2C)C1Br. The number of ether oxygens (including phenoxy) is 1. The Morgan fingerprint density at radius 2 is 1.97 bits per heavy atom. The van der Waals surface area contributed by atoms with Crippen LogP contribution >= 0.6 is 27.5 Å². The first-order valence-corrected chi connectivity index (χ1v) is 12.9. The van der Waals surface area contributed by atoms with Gasteiger partial charge in [-0.15, -0.1) is 11.6 Å². The normalized spacial score (nSPS) is 38.3. The van der Waals surface area contributed by atoms with E-state index in [1.54, 1.807) is 0 Å². The van der Waals surface area contributed by atoms with Crippen LogP contribution < -0.4 is 10.6 Å². The molecule has 3 rings (SSSR count). The van der Waals surface area contributed by atoms with E-state index in [0.29, 0.717) is 19.0 Å². The van der Waals surface area contributed by atoms with E-state index in [1.807, 2.05) is 6.92 Å². The number of hydrogen-bond acceptors (Lipinski definition) is 4. The minimum Gasteiger partial charge on any atom is -0.381 e. The van der Waals surface area contributed by atoms with Gasteiger partial charge in [0, 0.05) is 48.1 Å². The second kappa shape index (κ2) is 11.0. The van der Waals surface area contributed by atoms with Crippen LogP contribution in [0.25, 0.3) is 0 Å². The average Bonchev–Trinajstić information content (AvgIpc) is 2.70. The molecule has 30 heavy (non-hydrogen) atoms. The lowest BCUT2D eigenvalue weighted by Crippen LogP contribution is -2.57. The fraction of sp³-hybridized carbons (Fsp3) is 0.909. The molecule has 2 N–H and O–H groups in total. The Kier molecular flexibility index (Phi) is 8.88. The van der Waals surface area contributed by atoms with E-state index >= 15 is 0 Å². The van der Waals surface area contributed by atoms with Crippen molar-refractivity contribution in [3.8, 4) is 0 Å². The number of hydrogen-bond donors (Lipinski definition) is 2. The Labute approximate surface area is 194 Å². The lowest BCUT2D eigenvalue weighted by Gasteiger charge is -2.46. The van der Waals surface area contributed by atoms with Gasteiger partial charge in [0.25, 0.3) is 0 Å². The van der Waals surface area contributed by atoms with Crippen LogP contribution in [0.15, 0.2) is 0 Å². The van der Waals surface area contributed by atoms with Crippen LogP contribution in [-0.2, 0) is 14.3 Å². The Hall–Kier alpha value is -0.370. The van der Waals surface area contributed by atoms with Gasteiger partial charge in [0.1, 0.15) is 0 Å². The largest absolute Gasteiger partial charge is 0.381 e. The Morgan fingerprint density at radius 1 is 1.27 bits per heavy atom. The lowest BCUT2D eigenvalue weighted by molar-refractivity contribution is -0.131. The van der Waals surface area contributed by atoms with Crippen LogP contribution in [0.4, 0.5) is 0 Å². The predicted octanol–water partition coefficient (Wildman–Crippen LogP) is 2.91. The van der Waals surface area contributed by atoms with Gasteiger partial charge in [0.15, 0.2) is 0 Å². The molecule has 2 heterocycles. The van der Waals surface area contributed by atoms with Crippen molar-refractivity contribution in [1.29, 1.82) is 0 Å². The number of nitrogens with zero attached hydrogens (tertiary/aromatic N) is 1. The Morgan fingerprint density at radius 3 is 2.60 bits per heavy atom. The fourth-order valence-corrected chi connectivity index (χ4v) is 6.89. The first-order valence-electron chi connectivity index (χ1n) is 11.5. The molecule has 172 valence electrons. The molecular formula is C22H37BrClN3O3. The van der Waals surface area contributed by atoms with Crippen molar-refractivity contribution in [1.82, 2.24) is 15.5 Å². The molecule has 0 aromatic heterocycles. The van der Waals surface area contributed by atoms with E-state index in [-0.39, 0.29) is 51.9 Å². The topological polar surface area (TPSA) is 70.7 Å². The van der Waals surface area contributed by atoms with E-state index in [4.69, 9.17) is 16.3 Å². The average molecular weight is 507 g/mol. The second-order valence-electron chi connectivity index (χ2n) is 9.34. The lowest BCUT2D eigenvalue weighted by atomic mass is 9.82. The summed E-state index contributed by atoms with van der Waals surface area (Å²) in [6, 6.07) is 0.906. The maximum absolute atomic E-state index is 13.1. The molecule has 7 unspecified atom stereocenters. The summed E-state index contributed by atoms with van der Waals surface area (Å²) in [7, 11) is 0. The summed E-state index contributed by atoms with van der Waals surface area (Å²) < 4.78 is 5.54. The highest BCUT2D eigenvalue weighted by Crippen LogP contribution is 2.38. The van der Waals surface area contributed by atoms with Crippen LogP contribution in [0, 0.1) is 17.8 Å². The third-order valence-corrected chi connectivity index (χ3v) is 8.79. The molecule has 1 aliphatic carbocycles. The van der Waals surface area contributed by atoms with Gasteiger partial charge < -0.3 is 15.4 Å². The molecule has 8 heteroatoms. The van der Waals surface area contributed by atoms with Crippen molar-refractivity contribution in [3.63, 3.8) is 0 Å². The zero-order chi connectivity index (χ0) is 21.8. The summed E-state index contributed by atoms with van der Waals surface area (Å²) in [5, 5.41) is 6.06. The van der Waals surface area contributed by atoms with Crippen LogP contribution in [0.2, 0.25) is 0 Å². The molecule has 1 saturated carbocycles. The summed E-state index contributed by atoms with van der Waals surface area (Å²) >= 11 is 10.5. The number of carbonyl (C=O) groups excluding carboxylic acids is 2. The maximum atomic E-state index is 13.1. The quantitative estimate of drug-likeness (QED) is 0.544. The van der Waals surface area contributed by atoms with Crippen LogP contribution in [0.1, 0.15) is 52.9 Å². The van der Waals surface area contributed by atoms with Gasteiger partial charge >= 0.3 is 0 Å². The highest BCUT2D eigenvalue weighted by atomic mass is 79.9. The van der Waals surface area contributed by atoms with E-state index in [0.717, 1.165) is 45.4 Å². The molecule has 2 amide bonds. The summed E-state index contributed by atoms with van der Waals surface area (Å²) in [5.41, 5.74) is 0. The standard InChI is InChI=1S/C22H37BrClN3O3/c1-4-27(16-5-7-30-8-6-16)19-11-15(24)10-17(20(19)23)21(28)25-12-18-13(2)9-14(3)26-22(18)29/h13-20H,4-12H2,1-3H3,(H,25,28)(H,26,29). The molecule has 2 saturated heterocycles. The summed E-state index contributed by atoms with van der Waals surface area (Å²) in [4.78, 5) is 28.1. The molecule has 0 bridgehead atoms. The van der Waals surface area contributed by atoms with Crippen molar-refractivity contribution in [2.24, 2.45) is 17.8 Å². The number of halogens is 2. The second-order valence-corrected chi connectivity index (χ2v) is 11.0. The zero-order valence-electron chi connectivity index (χ0n) is 18.4. The van der Waals surface area contributed by atoms with Gasteiger partial charge in [0.2, 0.25) is 11.8 Å². The van der Waals surface area contributed by atoms with E-state index < -0.39 is 0 Å². The van der Waals surface area contributed by atoms with Crippen LogP contribution in [0.3, 0.4) is 0 Å². The maximum Gasteiger partial charge on any atom is 0.225 e. The van der Waals surface area contributed by atoms with E-state index in [9.17, 15) is 9.59 Å². The summed E-state index contributed by atoms with van der Waals surface area (Å²) in [5.74, 6) is -0.0439. The number of alkyl halides is 2. The molecule has 0 radical (unpaired) electrons. The van der Waals surface area contributed by atoms with Gasteiger partial charge in [-0.05, 0) is 51.5 Å². The third-order valence-electron chi connectivity index (χ3n) is 7.18. The van der Waals surface area contributed by atoms with E-state index in [1.165, 1.54) is 0 Å². The number of nitrogens with one attached hydrogen (secondary N) is 2. The molecule has 0 aromatic carbocycles. The molecule has 6 nitrogen and oxygen atoms in total. The van der Waals surface area contributed by atoms with Crippen LogP contribution in [-0.4, -0.2) is 71.3 Å². The zero-order valence-corrected chi connectivity index (χ0v) is 20.8. The van der Waals surface area contributed by atoms with Gasteiger partial charge in [-0.3, -0.25) is 14.5 Å². The number of carbonyl (C=O) groups is 2. The Balaban J connectivity index is 1.62. The molecular weight excluding hydrogens is 470 g/mol. The highest BCUT2D eigenvalue weighted by molar-refractivity contribution is 9.09. The smallest absolute Gasteiger partial charge is 0.225 e. The summed E-state index contributed by atoms with van der Waals surface area (Å²) in [6.45, 7) is 9.24. The van der Waals surface area contributed by atoms with Gasteiger partial charge in [0.05, 0.1) is 11.8 Å². The molecule has 3 fully saturated rings. The number of piperidine rings is 1. The van der Waals surface area contributed by atoms with Crippen molar-refractivity contribution in [2.45, 2.75) is 81.2 Å². The highest BCUT2D eigenvalue weighted by Gasteiger charge is 2.44. The molecule has 2 aliphatic heterocycles. The summed E-state index contributed by atoms with van der Waals surface area (Å²) in [6.07, 6.45) is 4.54. The minimum absolute atomic E-state index is 0.00822. The third kappa shape index (κ3) is 5.70. The minimum atomic E-state index is -0.193. The van der Waals surface area contributed by atoms with Crippen molar-refractivity contribution in [2.75, 3.05) is 26.3 Å². The first-order chi connectivity index (χ1) is 14.3.